The highest BCUT2D eigenvalue weighted by Crippen LogP contribution is 2.34. The van der Waals surface area contributed by atoms with Gasteiger partial charge in [-0.25, -0.2) is 4.79 Å². The zero-order valence-corrected chi connectivity index (χ0v) is 15.3. The number of carbonyl (C=O) groups excluding carboxylic acids is 1. The van der Waals surface area contributed by atoms with Crippen molar-refractivity contribution in [2.75, 3.05) is 19.0 Å². The molecule has 2 aromatic carbocycles. The van der Waals surface area contributed by atoms with Gasteiger partial charge in [0.2, 0.25) is 0 Å². The zero-order valence-electron chi connectivity index (χ0n) is 15.3. The van der Waals surface area contributed by atoms with E-state index in [4.69, 9.17) is 14.2 Å². The Morgan fingerprint density at radius 3 is 2.58 bits per heavy atom. The fourth-order valence-corrected chi connectivity index (χ4v) is 3.14. The van der Waals surface area contributed by atoms with Gasteiger partial charge in [-0.2, -0.15) is 0 Å². The standard InChI is InChI=1S/C21H25NO4/c1-3-25-21(23)15-7-6-8-16(13-15)22-17-11-12-19(24-2)20(14-17)26-18-9-4-5-10-18/h6-8,11-14,18,22H,3-5,9-10H2,1-2H3. The molecule has 1 aliphatic carbocycles. The maximum absolute atomic E-state index is 11.9. The summed E-state index contributed by atoms with van der Waals surface area (Å²) in [6.45, 7) is 2.15. The van der Waals surface area contributed by atoms with Gasteiger partial charge in [0.05, 0.1) is 25.4 Å². The number of nitrogens with one attached hydrogen (secondary N) is 1. The van der Waals surface area contributed by atoms with Crippen molar-refractivity contribution in [3.05, 3.63) is 48.0 Å². The molecule has 0 aliphatic heterocycles. The van der Waals surface area contributed by atoms with Gasteiger partial charge < -0.3 is 19.5 Å². The Morgan fingerprint density at radius 2 is 1.85 bits per heavy atom. The van der Waals surface area contributed by atoms with Crippen molar-refractivity contribution >= 4 is 17.3 Å². The van der Waals surface area contributed by atoms with E-state index in [0.717, 1.165) is 35.7 Å². The third-order valence-corrected chi connectivity index (χ3v) is 4.42. The summed E-state index contributed by atoms with van der Waals surface area (Å²) in [5.41, 5.74) is 2.21. The molecular weight excluding hydrogens is 330 g/mol. The van der Waals surface area contributed by atoms with Crippen molar-refractivity contribution < 1.29 is 19.0 Å². The predicted molar refractivity (Wildman–Crippen MR) is 102 cm³/mol. The van der Waals surface area contributed by atoms with Crippen LogP contribution in [-0.2, 0) is 4.74 Å². The molecular formula is C21H25NO4. The van der Waals surface area contributed by atoms with Crippen LogP contribution in [-0.4, -0.2) is 25.8 Å². The lowest BCUT2D eigenvalue weighted by Crippen LogP contribution is -2.11. The van der Waals surface area contributed by atoms with Crippen LogP contribution in [0.15, 0.2) is 42.5 Å². The van der Waals surface area contributed by atoms with Gasteiger partial charge in [0.25, 0.3) is 0 Å². The molecule has 0 saturated heterocycles. The zero-order chi connectivity index (χ0) is 18.4. The van der Waals surface area contributed by atoms with E-state index >= 15 is 0 Å². The topological polar surface area (TPSA) is 56.8 Å². The summed E-state index contributed by atoms with van der Waals surface area (Å²) in [7, 11) is 1.65. The smallest absolute Gasteiger partial charge is 0.338 e. The Labute approximate surface area is 154 Å². The number of hydrogen-bond acceptors (Lipinski definition) is 5. The number of carbonyl (C=O) groups is 1. The molecule has 0 unspecified atom stereocenters. The van der Waals surface area contributed by atoms with Gasteiger partial charge in [-0.3, -0.25) is 0 Å². The first-order valence-corrected chi connectivity index (χ1v) is 9.08. The number of rotatable bonds is 7. The molecule has 1 fully saturated rings. The van der Waals surface area contributed by atoms with Gasteiger partial charge >= 0.3 is 5.97 Å². The van der Waals surface area contributed by atoms with Crippen LogP contribution in [0.2, 0.25) is 0 Å². The van der Waals surface area contributed by atoms with E-state index in [1.807, 2.05) is 30.3 Å². The largest absolute Gasteiger partial charge is 0.493 e. The number of anilines is 2. The maximum atomic E-state index is 11.9. The van der Waals surface area contributed by atoms with E-state index in [0.29, 0.717) is 12.2 Å². The summed E-state index contributed by atoms with van der Waals surface area (Å²) in [6.07, 6.45) is 4.85. The molecule has 1 aliphatic rings. The molecule has 5 nitrogen and oxygen atoms in total. The third kappa shape index (κ3) is 4.48. The van der Waals surface area contributed by atoms with Crippen LogP contribution < -0.4 is 14.8 Å². The lowest BCUT2D eigenvalue weighted by atomic mass is 10.2. The molecule has 2 aromatic rings. The molecule has 3 rings (SSSR count). The van der Waals surface area contributed by atoms with Crippen LogP contribution in [0.25, 0.3) is 0 Å². The van der Waals surface area contributed by atoms with E-state index in [2.05, 4.69) is 5.32 Å². The van der Waals surface area contributed by atoms with Crippen LogP contribution in [0, 0.1) is 0 Å². The summed E-state index contributed by atoms with van der Waals surface area (Å²) in [4.78, 5) is 11.9. The average molecular weight is 355 g/mol. The molecule has 0 spiro atoms. The van der Waals surface area contributed by atoms with Crippen molar-refractivity contribution in [3.8, 4) is 11.5 Å². The summed E-state index contributed by atoms with van der Waals surface area (Å²) in [5, 5.41) is 3.31. The second-order valence-corrected chi connectivity index (χ2v) is 6.32. The molecule has 0 heterocycles. The Balaban J connectivity index is 1.77. The SMILES string of the molecule is CCOC(=O)c1cccc(Nc2ccc(OC)c(OC3CCCC3)c2)c1. The van der Waals surface area contributed by atoms with Crippen molar-refractivity contribution in [3.63, 3.8) is 0 Å². The van der Waals surface area contributed by atoms with Crippen LogP contribution >= 0.6 is 0 Å². The van der Waals surface area contributed by atoms with E-state index < -0.39 is 0 Å². The molecule has 1 N–H and O–H groups in total. The number of methoxy groups -OCH3 is 1. The highest BCUT2D eigenvalue weighted by molar-refractivity contribution is 5.90. The lowest BCUT2D eigenvalue weighted by molar-refractivity contribution is 0.0526. The van der Waals surface area contributed by atoms with E-state index in [9.17, 15) is 4.79 Å². The summed E-state index contributed by atoms with van der Waals surface area (Å²) < 4.78 is 16.6. The average Bonchev–Trinajstić information content (AvgIpc) is 3.15. The van der Waals surface area contributed by atoms with Crippen molar-refractivity contribution in [2.24, 2.45) is 0 Å². The second-order valence-electron chi connectivity index (χ2n) is 6.32. The summed E-state index contributed by atoms with van der Waals surface area (Å²) >= 11 is 0. The normalized spacial score (nSPS) is 14.1. The Kier molecular flexibility index (Phi) is 6.00. The van der Waals surface area contributed by atoms with Gasteiger partial charge in [0.15, 0.2) is 11.5 Å². The van der Waals surface area contributed by atoms with Gasteiger partial charge in [-0.05, 0) is 62.9 Å². The minimum Gasteiger partial charge on any atom is -0.493 e. The third-order valence-electron chi connectivity index (χ3n) is 4.42. The molecule has 138 valence electrons. The minimum atomic E-state index is -0.323. The highest BCUT2D eigenvalue weighted by atomic mass is 16.5. The van der Waals surface area contributed by atoms with E-state index in [1.165, 1.54) is 12.8 Å². The Hall–Kier alpha value is -2.69. The lowest BCUT2D eigenvalue weighted by Gasteiger charge is -2.17. The van der Waals surface area contributed by atoms with Crippen LogP contribution in [0.1, 0.15) is 43.0 Å². The molecule has 26 heavy (non-hydrogen) atoms. The van der Waals surface area contributed by atoms with Crippen molar-refractivity contribution in [1.82, 2.24) is 0 Å². The second kappa shape index (κ2) is 8.61. The van der Waals surface area contributed by atoms with Crippen LogP contribution in [0.3, 0.4) is 0 Å². The molecule has 0 atom stereocenters. The molecule has 5 heteroatoms. The minimum absolute atomic E-state index is 0.256. The predicted octanol–water partition coefficient (Wildman–Crippen LogP) is 4.94. The summed E-state index contributed by atoms with van der Waals surface area (Å²) in [6, 6.07) is 13.0. The van der Waals surface area contributed by atoms with Crippen molar-refractivity contribution in [2.45, 2.75) is 38.7 Å². The Morgan fingerprint density at radius 1 is 1.08 bits per heavy atom. The highest BCUT2D eigenvalue weighted by Gasteiger charge is 2.18. The van der Waals surface area contributed by atoms with Gasteiger partial charge in [-0.1, -0.05) is 6.07 Å². The van der Waals surface area contributed by atoms with Crippen LogP contribution in [0.4, 0.5) is 11.4 Å². The van der Waals surface area contributed by atoms with Crippen molar-refractivity contribution in [1.29, 1.82) is 0 Å². The molecule has 1 saturated carbocycles. The quantitative estimate of drug-likeness (QED) is 0.713. The summed E-state index contributed by atoms with van der Waals surface area (Å²) in [5.74, 6) is 1.14. The molecule has 0 radical (unpaired) electrons. The first kappa shape index (κ1) is 18.1. The number of ether oxygens (including phenoxy) is 3. The number of hydrogen-bond donors (Lipinski definition) is 1. The molecule has 0 amide bonds. The molecule has 0 aromatic heterocycles. The first-order chi connectivity index (χ1) is 12.7. The number of benzene rings is 2. The fourth-order valence-electron chi connectivity index (χ4n) is 3.14. The number of esters is 1. The van der Waals surface area contributed by atoms with Gasteiger partial charge in [0.1, 0.15) is 0 Å². The fraction of sp³-hybridized carbons (Fsp3) is 0.381. The van der Waals surface area contributed by atoms with Gasteiger partial charge in [0, 0.05) is 17.4 Å². The van der Waals surface area contributed by atoms with Crippen LogP contribution in [0.5, 0.6) is 11.5 Å². The molecule has 0 bridgehead atoms. The first-order valence-electron chi connectivity index (χ1n) is 9.08. The monoisotopic (exact) mass is 355 g/mol. The Bertz CT molecular complexity index is 753. The van der Waals surface area contributed by atoms with Gasteiger partial charge in [-0.15, -0.1) is 0 Å². The van der Waals surface area contributed by atoms with E-state index in [-0.39, 0.29) is 12.1 Å². The van der Waals surface area contributed by atoms with E-state index in [1.54, 1.807) is 26.2 Å². The maximum Gasteiger partial charge on any atom is 0.338 e.